The highest BCUT2D eigenvalue weighted by Crippen LogP contribution is 2.21. The molecule has 2 rings (SSSR count). The molecule has 0 unspecified atom stereocenters. The normalized spacial score (nSPS) is 11.6. The van der Waals surface area contributed by atoms with Gasteiger partial charge in [-0.3, -0.25) is 0 Å². The molecule has 1 N–H and O–H groups in total. The predicted molar refractivity (Wildman–Crippen MR) is 78.6 cm³/mol. The monoisotopic (exact) mass is 347 g/mol. The summed E-state index contributed by atoms with van der Waals surface area (Å²) in [4.78, 5) is 0.0316. The van der Waals surface area contributed by atoms with Crippen LogP contribution in [-0.2, 0) is 16.6 Å². The number of para-hydroxylation sites is 1. The number of nitrogens with one attached hydrogen (secondary N) is 1. The van der Waals surface area contributed by atoms with E-state index in [0.717, 1.165) is 0 Å². The number of benzene rings is 2. The van der Waals surface area contributed by atoms with Gasteiger partial charge in [-0.05, 0) is 30.3 Å². The first kappa shape index (κ1) is 16.7. The summed E-state index contributed by atoms with van der Waals surface area (Å²) in [5.41, 5.74) is 0.306. The second-order valence-corrected chi connectivity index (χ2v) is 6.47. The molecule has 0 aliphatic carbocycles. The molecular formula is C14H12ClF2NO3S. The maximum absolute atomic E-state index is 12.3. The molecule has 0 aliphatic rings. The fraction of sp³-hybridized carbons (Fsp3) is 0.143. The van der Waals surface area contributed by atoms with Crippen LogP contribution in [0, 0.1) is 0 Å². The lowest BCUT2D eigenvalue weighted by atomic mass is 10.2. The van der Waals surface area contributed by atoms with Gasteiger partial charge in [0.15, 0.2) is 0 Å². The second kappa shape index (κ2) is 7.04. The maximum Gasteiger partial charge on any atom is 0.387 e. The largest absolute Gasteiger partial charge is 0.434 e. The highest BCUT2D eigenvalue weighted by molar-refractivity contribution is 7.89. The quantitative estimate of drug-likeness (QED) is 0.871. The van der Waals surface area contributed by atoms with Crippen molar-refractivity contribution < 1.29 is 21.9 Å². The summed E-state index contributed by atoms with van der Waals surface area (Å²) < 4.78 is 55.5. The average Bonchev–Trinajstić information content (AvgIpc) is 2.46. The van der Waals surface area contributed by atoms with Crippen molar-refractivity contribution in [2.75, 3.05) is 0 Å². The van der Waals surface area contributed by atoms with Gasteiger partial charge in [-0.15, -0.1) is 0 Å². The minimum absolute atomic E-state index is 0.0316. The Labute approximate surface area is 131 Å². The van der Waals surface area contributed by atoms with Crippen molar-refractivity contribution in [2.45, 2.75) is 18.1 Å². The van der Waals surface area contributed by atoms with E-state index in [0.29, 0.717) is 10.6 Å². The fourth-order valence-electron chi connectivity index (χ4n) is 1.73. The molecule has 22 heavy (non-hydrogen) atoms. The average molecular weight is 348 g/mol. The van der Waals surface area contributed by atoms with E-state index in [2.05, 4.69) is 9.46 Å². The van der Waals surface area contributed by atoms with Crippen LogP contribution in [0.5, 0.6) is 5.75 Å². The molecule has 0 heterocycles. The van der Waals surface area contributed by atoms with E-state index in [1.165, 1.54) is 42.5 Å². The van der Waals surface area contributed by atoms with E-state index < -0.39 is 16.6 Å². The van der Waals surface area contributed by atoms with Crippen LogP contribution in [0.25, 0.3) is 0 Å². The van der Waals surface area contributed by atoms with Gasteiger partial charge in [0, 0.05) is 17.1 Å². The zero-order valence-corrected chi connectivity index (χ0v) is 12.7. The molecule has 0 atom stereocenters. The molecule has 0 bridgehead atoms. The first-order chi connectivity index (χ1) is 10.4. The van der Waals surface area contributed by atoms with Crippen molar-refractivity contribution in [3.8, 4) is 5.75 Å². The fourth-order valence-corrected chi connectivity index (χ4v) is 2.86. The zero-order chi connectivity index (χ0) is 16.2. The molecule has 0 radical (unpaired) electrons. The lowest BCUT2D eigenvalue weighted by molar-refractivity contribution is -0.0504. The van der Waals surface area contributed by atoms with Gasteiger partial charge in [0.05, 0.1) is 4.90 Å². The van der Waals surface area contributed by atoms with Crippen LogP contribution in [0.3, 0.4) is 0 Å². The summed E-state index contributed by atoms with van der Waals surface area (Å²) in [6, 6.07) is 11.6. The molecule has 0 aromatic heterocycles. The van der Waals surface area contributed by atoms with Crippen molar-refractivity contribution in [3.05, 3.63) is 59.1 Å². The highest BCUT2D eigenvalue weighted by atomic mass is 35.5. The van der Waals surface area contributed by atoms with E-state index in [-0.39, 0.29) is 17.2 Å². The summed E-state index contributed by atoms with van der Waals surface area (Å²) in [6.07, 6.45) is 0. The van der Waals surface area contributed by atoms with Crippen molar-refractivity contribution in [1.29, 1.82) is 0 Å². The van der Waals surface area contributed by atoms with E-state index in [4.69, 9.17) is 11.6 Å². The Hall–Kier alpha value is -1.70. The molecule has 118 valence electrons. The Balaban J connectivity index is 2.14. The number of halogens is 3. The minimum atomic E-state index is -3.77. The summed E-state index contributed by atoms with van der Waals surface area (Å²) in [5.74, 6) is -0.0729. The summed E-state index contributed by atoms with van der Waals surface area (Å²) in [7, 11) is -3.77. The molecule has 2 aromatic rings. The Morgan fingerprint density at radius 2 is 1.73 bits per heavy atom. The van der Waals surface area contributed by atoms with Gasteiger partial charge in [-0.2, -0.15) is 8.78 Å². The highest BCUT2D eigenvalue weighted by Gasteiger charge is 2.15. The topological polar surface area (TPSA) is 55.4 Å². The van der Waals surface area contributed by atoms with Gasteiger partial charge < -0.3 is 4.74 Å². The van der Waals surface area contributed by atoms with Crippen LogP contribution in [-0.4, -0.2) is 15.0 Å². The number of hydrogen-bond acceptors (Lipinski definition) is 3. The van der Waals surface area contributed by atoms with Crippen LogP contribution >= 0.6 is 11.6 Å². The third kappa shape index (κ3) is 4.40. The summed E-state index contributed by atoms with van der Waals surface area (Å²) >= 11 is 5.70. The Bertz CT molecular complexity index is 736. The van der Waals surface area contributed by atoms with E-state index in [1.807, 2.05) is 0 Å². The molecule has 0 fully saturated rings. The lowest BCUT2D eigenvalue weighted by Crippen LogP contribution is -2.23. The predicted octanol–water partition coefficient (Wildman–Crippen LogP) is 3.42. The Morgan fingerprint density at radius 1 is 1.09 bits per heavy atom. The molecule has 4 nitrogen and oxygen atoms in total. The van der Waals surface area contributed by atoms with Gasteiger partial charge in [0.25, 0.3) is 0 Å². The number of sulfonamides is 1. The van der Waals surface area contributed by atoms with Crippen LogP contribution in [0.1, 0.15) is 5.56 Å². The number of alkyl halides is 2. The summed E-state index contributed by atoms with van der Waals surface area (Å²) in [6.45, 7) is -3.15. The van der Waals surface area contributed by atoms with E-state index >= 15 is 0 Å². The third-order valence-electron chi connectivity index (χ3n) is 2.77. The maximum atomic E-state index is 12.3. The van der Waals surface area contributed by atoms with E-state index in [1.54, 1.807) is 6.07 Å². The van der Waals surface area contributed by atoms with Crippen LogP contribution in [0.15, 0.2) is 53.4 Å². The molecule has 0 saturated carbocycles. The van der Waals surface area contributed by atoms with Gasteiger partial charge in [0.2, 0.25) is 10.0 Å². The molecule has 0 spiro atoms. The Morgan fingerprint density at radius 3 is 2.36 bits per heavy atom. The third-order valence-corrected chi connectivity index (χ3v) is 4.43. The number of rotatable bonds is 6. The van der Waals surface area contributed by atoms with Gasteiger partial charge in [-0.25, -0.2) is 13.1 Å². The van der Waals surface area contributed by atoms with Gasteiger partial charge in [-0.1, -0.05) is 29.8 Å². The van der Waals surface area contributed by atoms with Crippen LogP contribution in [0.2, 0.25) is 5.02 Å². The van der Waals surface area contributed by atoms with E-state index in [9.17, 15) is 17.2 Å². The molecule has 0 aliphatic heterocycles. The van der Waals surface area contributed by atoms with Crippen molar-refractivity contribution in [1.82, 2.24) is 4.72 Å². The van der Waals surface area contributed by atoms with Crippen LogP contribution in [0.4, 0.5) is 8.78 Å². The molecule has 0 amide bonds. The second-order valence-electron chi connectivity index (χ2n) is 4.26. The SMILES string of the molecule is O=S(=O)(NCc1ccccc1OC(F)F)c1ccc(Cl)cc1. The molecule has 2 aromatic carbocycles. The molecule has 8 heteroatoms. The standard InChI is InChI=1S/C14H12ClF2NO3S/c15-11-5-7-12(8-6-11)22(19,20)18-9-10-3-1-2-4-13(10)21-14(16)17/h1-8,14,18H,9H2. The van der Waals surface area contributed by atoms with Crippen molar-refractivity contribution in [3.63, 3.8) is 0 Å². The first-order valence-corrected chi connectivity index (χ1v) is 8.02. The smallest absolute Gasteiger partial charge is 0.387 e. The molecular weight excluding hydrogens is 336 g/mol. The zero-order valence-electron chi connectivity index (χ0n) is 11.2. The minimum Gasteiger partial charge on any atom is -0.434 e. The van der Waals surface area contributed by atoms with Crippen molar-refractivity contribution in [2.24, 2.45) is 0 Å². The lowest BCUT2D eigenvalue weighted by Gasteiger charge is -2.11. The van der Waals surface area contributed by atoms with Gasteiger partial charge >= 0.3 is 6.61 Å². The van der Waals surface area contributed by atoms with Crippen LogP contribution < -0.4 is 9.46 Å². The number of ether oxygens (including phenoxy) is 1. The molecule has 0 saturated heterocycles. The van der Waals surface area contributed by atoms with Crippen molar-refractivity contribution >= 4 is 21.6 Å². The number of hydrogen-bond donors (Lipinski definition) is 1. The Kier molecular flexibility index (Phi) is 5.33. The van der Waals surface area contributed by atoms with Gasteiger partial charge in [0.1, 0.15) is 5.75 Å². The summed E-state index contributed by atoms with van der Waals surface area (Å²) in [5, 5.41) is 0.412. The first-order valence-electron chi connectivity index (χ1n) is 6.16.